The molecule has 3 amide bonds. The Balaban J connectivity index is 2.15. The van der Waals surface area contributed by atoms with Gasteiger partial charge in [-0.05, 0) is 31.4 Å². The van der Waals surface area contributed by atoms with Crippen LogP contribution in [0.4, 0.5) is 0 Å². The lowest BCUT2D eigenvalue weighted by Gasteiger charge is -2.27. The molecule has 0 aliphatic carbocycles. The predicted molar refractivity (Wildman–Crippen MR) is 126 cm³/mol. The van der Waals surface area contributed by atoms with Crippen LogP contribution in [0.25, 0.3) is 10.9 Å². The molecule has 5 atom stereocenters. The van der Waals surface area contributed by atoms with Gasteiger partial charge in [0.05, 0.1) is 12.1 Å². The van der Waals surface area contributed by atoms with E-state index in [1.54, 1.807) is 20.0 Å². The second-order valence-electron chi connectivity index (χ2n) is 8.71. The molecule has 2 rings (SSSR count). The van der Waals surface area contributed by atoms with Gasteiger partial charge < -0.3 is 36.9 Å². The van der Waals surface area contributed by atoms with Gasteiger partial charge in [0.2, 0.25) is 17.7 Å². The summed E-state index contributed by atoms with van der Waals surface area (Å²) in [5, 5.41) is 28.0. The molecule has 11 heteroatoms. The topological polar surface area (TPSA) is 187 Å². The van der Waals surface area contributed by atoms with Crippen LogP contribution in [0.1, 0.15) is 33.3 Å². The molecule has 0 saturated heterocycles. The number of para-hydroxylation sites is 1. The normalized spacial score (nSPS) is 15.7. The van der Waals surface area contributed by atoms with E-state index in [0.717, 1.165) is 10.9 Å². The molecule has 1 aromatic heterocycles. The quantitative estimate of drug-likeness (QED) is 0.231. The van der Waals surface area contributed by atoms with E-state index >= 15 is 0 Å². The number of rotatable bonds is 11. The second kappa shape index (κ2) is 11.6. The third kappa shape index (κ3) is 6.78. The summed E-state index contributed by atoms with van der Waals surface area (Å²) in [7, 11) is 0. The number of nitrogens with one attached hydrogen (secondary N) is 4. The van der Waals surface area contributed by atoms with Gasteiger partial charge in [0.1, 0.15) is 18.1 Å². The van der Waals surface area contributed by atoms with E-state index in [1.165, 1.54) is 13.8 Å². The summed E-state index contributed by atoms with van der Waals surface area (Å²) in [6.07, 6.45) is 0.336. The highest BCUT2D eigenvalue weighted by molar-refractivity contribution is 5.94. The minimum absolute atomic E-state index is 0.00930. The van der Waals surface area contributed by atoms with Crippen molar-refractivity contribution in [3.63, 3.8) is 0 Å². The number of carboxylic acids is 1. The molecule has 0 aliphatic heterocycles. The molecule has 0 saturated carbocycles. The van der Waals surface area contributed by atoms with Gasteiger partial charge in [0.15, 0.2) is 0 Å². The number of fused-ring (bicyclic) bond motifs is 1. The van der Waals surface area contributed by atoms with Crippen molar-refractivity contribution in [3.8, 4) is 0 Å². The lowest BCUT2D eigenvalue weighted by atomic mass is 10.0. The third-order valence-electron chi connectivity index (χ3n) is 5.44. The van der Waals surface area contributed by atoms with Crippen molar-refractivity contribution in [2.75, 3.05) is 0 Å². The summed E-state index contributed by atoms with van der Waals surface area (Å²) >= 11 is 0. The van der Waals surface area contributed by atoms with E-state index < -0.39 is 54.0 Å². The van der Waals surface area contributed by atoms with E-state index in [2.05, 4.69) is 20.9 Å². The molecule has 5 unspecified atom stereocenters. The van der Waals surface area contributed by atoms with E-state index in [-0.39, 0.29) is 12.3 Å². The van der Waals surface area contributed by atoms with Crippen LogP contribution in [0.2, 0.25) is 0 Å². The van der Waals surface area contributed by atoms with Gasteiger partial charge in [-0.25, -0.2) is 4.79 Å². The van der Waals surface area contributed by atoms with Crippen LogP contribution in [0.5, 0.6) is 0 Å². The monoisotopic (exact) mass is 475 g/mol. The number of aliphatic hydroxyl groups excluding tert-OH is 1. The Morgan fingerprint density at radius 3 is 2.09 bits per heavy atom. The van der Waals surface area contributed by atoms with Crippen LogP contribution in [-0.2, 0) is 25.6 Å². The van der Waals surface area contributed by atoms with E-state index in [9.17, 15) is 29.4 Å². The number of hydrogen-bond donors (Lipinski definition) is 7. The zero-order valence-corrected chi connectivity index (χ0v) is 19.7. The lowest BCUT2D eigenvalue weighted by Crippen LogP contribution is -2.60. The number of aliphatic carboxylic acids is 1. The van der Waals surface area contributed by atoms with Gasteiger partial charge in [-0.1, -0.05) is 32.0 Å². The van der Waals surface area contributed by atoms with Gasteiger partial charge in [0, 0.05) is 23.5 Å². The van der Waals surface area contributed by atoms with E-state index in [1.807, 2.05) is 24.3 Å². The second-order valence-corrected chi connectivity index (χ2v) is 8.71. The van der Waals surface area contributed by atoms with Crippen molar-refractivity contribution in [2.45, 2.75) is 64.4 Å². The molecular weight excluding hydrogens is 442 g/mol. The fraction of sp³-hybridized carbons (Fsp3) is 0.478. The SMILES string of the molecule is CC(N)C(=O)NC(C(=O)NC(C(=O)NC(Cc1c[nH]c2ccccc12)C(=O)O)C(C)O)C(C)C. The smallest absolute Gasteiger partial charge is 0.326 e. The molecule has 0 fully saturated rings. The fourth-order valence-electron chi connectivity index (χ4n) is 3.45. The Hall–Kier alpha value is -3.44. The van der Waals surface area contributed by atoms with Crippen LogP contribution in [0.3, 0.4) is 0 Å². The molecule has 1 heterocycles. The van der Waals surface area contributed by atoms with E-state index in [0.29, 0.717) is 5.56 Å². The van der Waals surface area contributed by atoms with Gasteiger partial charge >= 0.3 is 5.97 Å². The molecule has 8 N–H and O–H groups in total. The highest BCUT2D eigenvalue weighted by atomic mass is 16.4. The molecule has 0 radical (unpaired) electrons. The molecule has 34 heavy (non-hydrogen) atoms. The first-order chi connectivity index (χ1) is 15.9. The van der Waals surface area contributed by atoms with Crippen molar-refractivity contribution in [1.82, 2.24) is 20.9 Å². The van der Waals surface area contributed by atoms with Crippen LogP contribution in [0.15, 0.2) is 30.5 Å². The highest BCUT2D eigenvalue weighted by Crippen LogP contribution is 2.19. The molecular formula is C23H33N5O6. The summed E-state index contributed by atoms with van der Waals surface area (Å²) in [6, 6.07) is 2.76. The molecule has 2 aromatic rings. The molecule has 186 valence electrons. The number of carboxylic acid groups (broad SMARTS) is 1. The first-order valence-corrected chi connectivity index (χ1v) is 11.0. The first-order valence-electron chi connectivity index (χ1n) is 11.0. The maximum Gasteiger partial charge on any atom is 0.326 e. The van der Waals surface area contributed by atoms with Gasteiger partial charge in [-0.15, -0.1) is 0 Å². The van der Waals surface area contributed by atoms with Crippen LogP contribution >= 0.6 is 0 Å². The van der Waals surface area contributed by atoms with Crippen molar-refractivity contribution < 1.29 is 29.4 Å². The number of carbonyl (C=O) groups excluding carboxylic acids is 3. The van der Waals surface area contributed by atoms with Crippen LogP contribution in [0, 0.1) is 5.92 Å². The minimum Gasteiger partial charge on any atom is -0.480 e. The molecule has 1 aromatic carbocycles. The lowest BCUT2D eigenvalue weighted by molar-refractivity contribution is -0.143. The summed E-state index contributed by atoms with van der Waals surface area (Å²) in [5.41, 5.74) is 7.07. The summed E-state index contributed by atoms with van der Waals surface area (Å²) in [4.78, 5) is 52.6. The summed E-state index contributed by atoms with van der Waals surface area (Å²) < 4.78 is 0. The minimum atomic E-state index is -1.44. The maximum absolute atomic E-state index is 12.9. The van der Waals surface area contributed by atoms with Crippen molar-refractivity contribution in [1.29, 1.82) is 0 Å². The average molecular weight is 476 g/mol. The standard InChI is InChI=1S/C23H33N5O6/c1-11(2)18(27-20(30)12(3)24)21(31)28-19(13(4)29)22(32)26-17(23(33)34)9-14-10-25-16-8-6-5-7-15(14)16/h5-8,10-13,17-19,25,29H,9,24H2,1-4H3,(H,26,32)(H,27,30)(H,28,31)(H,33,34). The van der Waals surface area contributed by atoms with Crippen molar-refractivity contribution in [3.05, 3.63) is 36.0 Å². The van der Waals surface area contributed by atoms with Crippen LogP contribution < -0.4 is 21.7 Å². The van der Waals surface area contributed by atoms with Crippen molar-refractivity contribution >= 4 is 34.6 Å². The fourth-order valence-corrected chi connectivity index (χ4v) is 3.45. The Morgan fingerprint density at radius 1 is 0.941 bits per heavy atom. The third-order valence-corrected chi connectivity index (χ3v) is 5.44. The van der Waals surface area contributed by atoms with Crippen LogP contribution in [-0.4, -0.2) is 69.2 Å². The Kier molecular flexibility index (Phi) is 9.16. The highest BCUT2D eigenvalue weighted by Gasteiger charge is 2.33. The van der Waals surface area contributed by atoms with Gasteiger partial charge in [-0.3, -0.25) is 14.4 Å². The number of aliphatic hydroxyl groups is 1. The Bertz CT molecular complexity index is 1030. The molecule has 0 bridgehead atoms. The summed E-state index contributed by atoms with van der Waals surface area (Å²) in [5.74, 6) is -3.71. The maximum atomic E-state index is 12.9. The first kappa shape index (κ1) is 26.8. The van der Waals surface area contributed by atoms with Gasteiger partial charge in [0.25, 0.3) is 0 Å². The van der Waals surface area contributed by atoms with Crippen molar-refractivity contribution in [2.24, 2.45) is 11.7 Å². The number of amides is 3. The molecule has 11 nitrogen and oxygen atoms in total. The van der Waals surface area contributed by atoms with E-state index in [4.69, 9.17) is 5.73 Å². The summed E-state index contributed by atoms with van der Waals surface area (Å²) in [6.45, 7) is 6.16. The number of aromatic nitrogens is 1. The average Bonchev–Trinajstić information content (AvgIpc) is 3.17. The molecule has 0 aliphatic rings. The number of benzene rings is 1. The number of H-pyrrole nitrogens is 1. The zero-order valence-electron chi connectivity index (χ0n) is 19.7. The van der Waals surface area contributed by atoms with Gasteiger partial charge in [-0.2, -0.15) is 0 Å². The number of nitrogens with two attached hydrogens (primary N) is 1. The number of hydrogen-bond acceptors (Lipinski definition) is 6. The Morgan fingerprint density at radius 2 is 1.53 bits per heavy atom. The largest absolute Gasteiger partial charge is 0.480 e. The zero-order chi connectivity index (χ0) is 25.6. The Labute approximate surface area is 197 Å². The molecule has 0 spiro atoms. The number of carbonyl (C=O) groups is 4. The number of aromatic amines is 1. The predicted octanol–water partition coefficient (Wildman–Crippen LogP) is -0.367.